The number of ketones is 1. The fraction of sp³-hybridized carbons (Fsp3) is 0.286. The molecule has 0 saturated heterocycles. The van der Waals surface area contributed by atoms with Gasteiger partial charge in [-0.3, -0.25) is 9.48 Å². The minimum Gasteiger partial charge on any atom is -0.398 e. The largest absolute Gasteiger partial charge is 0.398 e. The SMILES string of the molecule is CC(C)n1ccc(CC(=O)c2ccc(N)c(Cl)c2)n1. The summed E-state index contributed by atoms with van der Waals surface area (Å²) in [6.07, 6.45) is 2.14. The van der Waals surface area contributed by atoms with E-state index < -0.39 is 0 Å². The van der Waals surface area contributed by atoms with Crippen LogP contribution in [-0.4, -0.2) is 15.6 Å². The van der Waals surface area contributed by atoms with Crippen molar-refractivity contribution in [3.8, 4) is 0 Å². The van der Waals surface area contributed by atoms with Crippen LogP contribution in [0.5, 0.6) is 0 Å². The van der Waals surface area contributed by atoms with E-state index in [1.54, 1.807) is 18.2 Å². The summed E-state index contributed by atoms with van der Waals surface area (Å²) in [5.41, 5.74) is 7.40. The molecule has 1 aromatic carbocycles. The number of aromatic nitrogens is 2. The molecule has 2 aromatic rings. The Bertz CT molecular complexity index is 604. The van der Waals surface area contributed by atoms with Crippen LogP contribution < -0.4 is 5.73 Å². The average molecular weight is 278 g/mol. The molecule has 0 aliphatic rings. The van der Waals surface area contributed by atoms with Gasteiger partial charge in [0.1, 0.15) is 0 Å². The standard InChI is InChI=1S/C14H16ClN3O/c1-9(2)18-6-5-11(17-18)8-14(19)10-3-4-13(16)12(15)7-10/h3-7,9H,8,16H2,1-2H3. The van der Waals surface area contributed by atoms with Crippen molar-refractivity contribution >= 4 is 23.1 Å². The van der Waals surface area contributed by atoms with Crippen LogP contribution in [-0.2, 0) is 6.42 Å². The van der Waals surface area contributed by atoms with Gasteiger partial charge in [0.05, 0.1) is 22.8 Å². The zero-order chi connectivity index (χ0) is 14.0. The van der Waals surface area contributed by atoms with E-state index >= 15 is 0 Å². The van der Waals surface area contributed by atoms with Gasteiger partial charge in [-0.2, -0.15) is 5.10 Å². The quantitative estimate of drug-likeness (QED) is 0.690. The number of nitrogen functional groups attached to an aromatic ring is 1. The number of anilines is 1. The van der Waals surface area contributed by atoms with Crippen LogP contribution in [0.4, 0.5) is 5.69 Å². The van der Waals surface area contributed by atoms with Gasteiger partial charge in [-0.1, -0.05) is 11.6 Å². The molecule has 0 bridgehead atoms. The van der Waals surface area contributed by atoms with Crippen LogP contribution in [0.15, 0.2) is 30.5 Å². The second-order valence-corrected chi connectivity index (χ2v) is 5.12. The van der Waals surface area contributed by atoms with Gasteiger partial charge in [-0.05, 0) is 38.1 Å². The van der Waals surface area contributed by atoms with Crippen molar-refractivity contribution in [1.82, 2.24) is 9.78 Å². The predicted octanol–water partition coefficient (Wildman–Crippen LogP) is 3.13. The summed E-state index contributed by atoms with van der Waals surface area (Å²) in [6, 6.07) is 7.07. The maximum absolute atomic E-state index is 12.1. The summed E-state index contributed by atoms with van der Waals surface area (Å²) in [5.74, 6) is -0.0177. The maximum atomic E-state index is 12.1. The van der Waals surface area contributed by atoms with Crippen molar-refractivity contribution in [3.05, 3.63) is 46.7 Å². The number of rotatable bonds is 4. The molecule has 2 rings (SSSR count). The maximum Gasteiger partial charge on any atom is 0.168 e. The highest BCUT2D eigenvalue weighted by Gasteiger charge is 2.11. The van der Waals surface area contributed by atoms with E-state index in [4.69, 9.17) is 17.3 Å². The summed E-state index contributed by atoms with van der Waals surface area (Å²) in [6.45, 7) is 4.08. The molecule has 100 valence electrons. The third-order valence-electron chi connectivity index (χ3n) is 2.86. The first-order chi connectivity index (χ1) is 8.97. The van der Waals surface area contributed by atoms with E-state index in [1.807, 2.05) is 30.8 Å². The van der Waals surface area contributed by atoms with Crippen LogP contribution in [0.3, 0.4) is 0 Å². The van der Waals surface area contributed by atoms with Gasteiger partial charge in [-0.25, -0.2) is 0 Å². The number of benzene rings is 1. The lowest BCUT2D eigenvalue weighted by molar-refractivity contribution is 0.0991. The number of halogens is 1. The Morgan fingerprint density at radius 3 is 2.74 bits per heavy atom. The van der Waals surface area contributed by atoms with Gasteiger partial charge in [0.25, 0.3) is 0 Å². The highest BCUT2D eigenvalue weighted by molar-refractivity contribution is 6.33. The van der Waals surface area contributed by atoms with Gasteiger partial charge < -0.3 is 5.73 Å². The first kappa shape index (κ1) is 13.6. The normalized spacial score (nSPS) is 10.9. The third-order valence-corrected chi connectivity index (χ3v) is 3.18. The van der Waals surface area contributed by atoms with Crippen molar-refractivity contribution < 1.29 is 4.79 Å². The lowest BCUT2D eigenvalue weighted by Crippen LogP contribution is -2.07. The first-order valence-electron chi connectivity index (χ1n) is 6.09. The predicted molar refractivity (Wildman–Crippen MR) is 76.5 cm³/mol. The molecule has 2 N–H and O–H groups in total. The first-order valence-corrected chi connectivity index (χ1v) is 6.47. The number of carbonyl (C=O) groups excluding carboxylic acids is 1. The number of carbonyl (C=O) groups is 1. The Kier molecular flexibility index (Phi) is 3.90. The minimum atomic E-state index is -0.0177. The Balaban J connectivity index is 2.13. The minimum absolute atomic E-state index is 0.0177. The molecule has 0 radical (unpaired) electrons. The molecule has 1 aromatic heterocycles. The van der Waals surface area contributed by atoms with Crippen LogP contribution in [0.1, 0.15) is 35.9 Å². The monoisotopic (exact) mass is 277 g/mol. The van der Waals surface area contributed by atoms with Gasteiger partial charge in [-0.15, -0.1) is 0 Å². The second-order valence-electron chi connectivity index (χ2n) is 4.72. The Morgan fingerprint density at radius 1 is 1.42 bits per heavy atom. The number of nitrogens with two attached hydrogens (primary N) is 1. The van der Waals surface area contributed by atoms with Gasteiger partial charge in [0, 0.05) is 17.8 Å². The number of hydrogen-bond acceptors (Lipinski definition) is 3. The van der Waals surface area contributed by atoms with Crippen molar-refractivity contribution in [2.24, 2.45) is 0 Å². The van der Waals surface area contributed by atoms with Crippen LogP contribution in [0.2, 0.25) is 5.02 Å². The van der Waals surface area contributed by atoms with Crippen molar-refractivity contribution in [3.63, 3.8) is 0 Å². The summed E-state index contributed by atoms with van der Waals surface area (Å²) >= 11 is 5.91. The van der Waals surface area contributed by atoms with Crippen molar-refractivity contribution in [2.45, 2.75) is 26.3 Å². The summed E-state index contributed by atoms with van der Waals surface area (Å²) in [7, 11) is 0. The van der Waals surface area contributed by atoms with Crippen LogP contribution in [0.25, 0.3) is 0 Å². The Morgan fingerprint density at radius 2 is 2.16 bits per heavy atom. The third kappa shape index (κ3) is 3.15. The summed E-state index contributed by atoms with van der Waals surface area (Å²) < 4.78 is 1.83. The highest BCUT2D eigenvalue weighted by atomic mass is 35.5. The van der Waals surface area contributed by atoms with Gasteiger partial charge in [0.2, 0.25) is 0 Å². The van der Waals surface area contributed by atoms with E-state index in [0.717, 1.165) is 5.69 Å². The summed E-state index contributed by atoms with van der Waals surface area (Å²) in [4.78, 5) is 12.1. The van der Waals surface area contributed by atoms with Crippen molar-refractivity contribution in [2.75, 3.05) is 5.73 Å². The molecule has 0 fully saturated rings. The zero-order valence-electron chi connectivity index (χ0n) is 10.9. The molecule has 0 spiro atoms. The van der Waals surface area contributed by atoms with E-state index in [1.165, 1.54) is 0 Å². The van der Waals surface area contributed by atoms with Crippen LogP contribution >= 0.6 is 11.6 Å². The van der Waals surface area contributed by atoms with Crippen molar-refractivity contribution in [1.29, 1.82) is 0 Å². The fourth-order valence-corrected chi connectivity index (χ4v) is 1.91. The highest BCUT2D eigenvalue weighted by Crippen LogP contribution is 2.20. The second kappa shape index (κ2) is 5.45. The molecule has 0 aliphatic heterocycles. The molecular weight excluding hydrogens is 262 g/mol. The Hall–Kier alpha value is -1.81. The average Bonchev–Trinajstić information content (AvgIpc) is 2.81. The molecule has 0 aliphatic carbocycles. The summed E-state index contributed by atoms with van der Waals surface area (Å²) in [5, 5.41) is 4.75. The molecule has 19 heavy (non-hydrogen) atoms. The molecule has 4 nitrogen and oxygen atoms in total. The molecule has 0 atom stereocenters. The molecular formula is C14H16ClN3O. The zero-order valence-corrected chi connectivity index (χ0v) is 11.7. The van der Waals surface area contributed by atoms with E-state index in [-0.39, 0.29) is 18.2 Å². The Labute approximate surface area is 117 Å². The van der Waals surface area contributed by atoms with E-state index in [0.29, 0.717) is 16.3 Å². The molecule has 0 amide bonds. The molecule has 1 heterocycles. The number of Topliss-reactive ketones (excluding diaryl/α,β-unsaturated/α-hetero) is 1. The lowest BCUT2D eigenvalue weighted by atomic mass is 10.1. The molecule has 5 heteroatoms. The van der Waals surface area contributed by atoms with E-state index in [2.05, 4.69) is 5.10 Å². The fourth-order valence-electron chi connectivity index (χ4n) is 1.73. The lowest BCUT2D eigenvalue weighted by Gasteiger charge is -2.04. The smallest absolute Gasteiger partial charge is 0.168 e. The molecule has 0 unspecified atom stereocenters. The topological polar surface area (TPSA) is 60.9 Å². The van der Waals surface area contributed by atoms with Gasteiger partial charge >= 0.3 is 0 Å². The number of nitrogens with zero attached hydrogens (tertiary/aromatic N) is 2. The van der Waals surface area contributed by atoms with Crippen LogP contribution in [0, 0.1) is 0 Å². The number of hydrogen-bond donors (Lipinski definition) is 1. The van der Waals surface area contributed by atoms with Gasteiger partial charge in [0.15, 0.2) is 5.78 Å². The van der Waals surface area contributed by atoms with E-state index in [9.17, 15) is 4.79 Å². The molecule has 0 saturated carbocycles.